The van der Waals surface area contributed by atoms with E-state index in [1.54, 1.807) is 19.4 Å². The van der Waals surface area contributed by atoms with Gasteiger partial charge in [0.25, 0.3) is 5.56 Å². The summed E-state index contributed by atoms with van der Waals surface area (Å²) in [6.07, 6.45) is 7.28. The third kappa shape index (κ3) is 4.05. The van der Waals surface area contributed by atoms with Crippen molar-refractivity contribution in [2.24, 2.45) is 7.05 Å². The van der Waals surface area contributed by atoms with Crippen LogP contribution in [0.3, 0.4) is 0 Å². The average Bonchev–Trinajstić information content (AvgIpc) is 3.09. The molecule has 2 amide bonds. The number of urea groups is 1. The van der Waals surface area contributed by atoms with E-state index in [9.17, 15) is 9.59 Å². The van der Waals surface area contributed by atoms with E-state index in [-0.39, 0.29) is 23.7 Å². The van der Waals surface area contributed by atoms with Crippen molar-refractivity contribution >= 4 is 11.8 Å². The highest BCUT2D eigenvalue weighted by Crippen LogP contribution is 2.14. The summed E-state index contributed by atoms with van der Waals surface area (Å²) in [5.74, 6) is 0.450. The number of rotatable bonds is 4. The van der Waals surface area contributed by atoms with Crippen molar-refractivity contribution in [1.29, 1.82) is 0 Å². The molecule has 0 aliphatic carbocycles. The number of carbonyl (C=O) groups excluding carboxylic acids is 1. The first-order valence-corrected chi connectivity index (χ1v) is 8.56. The highest BCUT2D eigenvalue weighted by atomic mass is 16.5. The molecule has 2 atom stereocenters. The van der Waals surface area contributed by atoms with Crippen LogP contribution in [-0.2, 0) is 11.8 Å². The van der Waals surface area contributed by atoms with Gasteiger partial charge in [0.05, 0.1) is 6.10 Å². The first-order valence-electron chi connectivity index (χ1n) is 8.56. The SMILES string of the molecule is Cn1ccnc(N2CCC[C@H](NC(=O)NC[C@@H]3CCCO3)C2)c1=O. The van der Waals surface area contributed by atoms with Crippen molar-refractivity contribution < 1.29 is 9.53 Å². The van der Waals surface area contributed by atoms with Crippen LogP contribution in [0.25, 0.3) is 0 Å². The Labute approximate surface area is 141 Å². The zero-order chi connectivity index (χ0) is 16.9. The summed E-state index contributed by atoms with van der Waals surface area (Å²) in [6, 6.07) is -0.166. The normalized spacial score (nSPS) is 24.0. The lowest BCUT2D eigenvalue weighted by molar-refractivity contribution is 0.111. The molecule has 132 valence electrons. The van der Waals surface area contributed by atoms with Gasteiger partial charge in [-0.2, -0.15) is 0 Å². The Morgan fingerprint density at radius 3 is 3.08 bits per heavy atom. The monoisotopic (exact) mass is 335 g/mol. The Hall–Kier alpha value is -2.09. The summed E-state index contributed by atoms with van der Waals surface area (Å²) >= 11 is 0. The highest BCUT2D eigenvalue weighted by Gasteiger charge is 2.24. The lowest BCUT2D eigenvalue weighted by Gasteiger charge is -2.33. The molecule has 0 spiro atoms. The summed E-state index contributed by atoms with van der Waals surface area (Å²) < 4.78 is 7.02. The van der Waals surface area contributed by atoms with Crippen LogP contribution >= 0.6 is 0 Å². The number of aromatic nitrogens is 2. The highest BCUT2D eigenvalue weighted by molar-refractivity contribution is 5.74. The molecule has 8 heteroatoms. The third-order valence-electron chi connectivity index (χ3n) is 4.57. The molecule has 2 saturated heterocycles. The molecular weight excluding hydrogens is 310 g/mol. The first kappa shape index (κ1) is 16.8. The first-order chi connectivity index (χ1) is 11.6. The molecule has 2 aliphatic heterocycles. The minimum Gasteiger partial charge on any atom is -0.376 e. The van der Waals surface area contributed by atoms with Crippen LogP contribution in [-0.4, -0.2) is 54.0 Å². The Morgan fingerprint density at radius 1 is 1.42 bits per heavy atom. The number of piperidine rings is 1. The van der Waals surface area contributed by atoms with E-state index in [0.717, 1.165) is 38.8 Å². The fourth-order valence-corrected chi connectivity index (χ4v) is 3.24. The molecule has 1 aromatic heterocycles. The fraction of sp³-hybridized carbons (Fsp3) is 0.688. The van der Waals surface area contributed by atoms with Gasteiger partial charge in [0.15, 0.2) is 5.82 Å². The van der Waals surface area contributed by atoms with Crippen molar-refractivity contribution in [3.05, 3.63) is 22.7 Å². The summed E-state index contributed by atoms with van der Waals surface area (Å²) in [7, 11) is 1.71. The molecule has 0 unspecified atom stereocenters. The van der Waals surface area contributed by atoms with Crippen LogP contribution in [0, 0.1) is 0 Å². The topological polar surface area (TPSA) is 88.5 Å². The number of anilines is 1. The van der Waals surface area contributed by atoms with Crippen LogP contribution in [0.2, 0.25) is 0 Å². The molecule has 8 nitrogen and oxygen atoms in total. The number of carbonyl (C=O) groups is 1. The average molecular weight is 335 g/mol. The van der Waals surface area contributed by atoms with Gasteiger partial charge in [0, 0.05) is 51.7 Å². The molecule has 3 rings (SSSR count). The summed E-state index contributed by atoms with van der Waals surface area (Å²) in [5, 5.41) is 5.86. The quantitative estimate of drug-likeness (QED) is 0.822. The lowest BCUT2D eigenvalue weighted by atomic mass is 10.1. The van der Waals surface area contributed by atoms with Crippen LogP contribution in [0.5, 0.6) is 0 Å². The van der Waals surface area contributed by atoms with E-state index in [1.165, 1.54) is 4.57 Å². The zero-order valence-electron chi connectivity index (χ0n) is 14.0. The molecule has 2 N–H and O–H groups in total. The smallest absolute Gasteiger partial charge is 0.315 e. The lowest BCUT2D eigenvalue weighted by Crippen LogP contribution is -2.52. The Bertz CT molecular complexity index is 626. The van der Waals surface area contributed by atoms with Gasteiger partial charge >= 0.3 is 6.03 Å². The molecule has 1 aromatic rings. The van der Waals surface area contributed by atoms with E-state index < -0.39 is 0 Å². The van der Waals surface area contributed by atoms with Crippen molar-refractivity contribution in [1.82, 2.24) is 20.2 Å². The minimum absolute atomic E-state index is 0.00922. The van der Waals surface area contributed by atoms with Gasteiger partial charge in [-0.25, -0.2) is 9.78 Å². The van der Waals surface area contributed by atoms with E-state index in [0.29, 0.717) is 18.9 Å². The van der Waals surface area contributed by atoms with Gasteiger partial charge in [-0.3, -0.25) is 4.79 Å². The molecule has 3 heterocycles. The minimum atomic E-state index is -0.175. The third-order valence-corrected chi connectivity index (χ3v) is 4.57. The van der Waals surface area contributed by atoms with E-state index in [2.05, 4.69) is 15.6 Å². The fourth-order valence-electron chi connectivity index (χ4n) is 3.24. The van der Waals surface area contributed by atoms with Gasteiger partial charge in [0.2, 0.25) is 0 Å². The summed E-state index contributed by atoms with van der Waals surface area (Å²) in [5.41, 5.74) is -0.110. The summed E-state index contributed by atoms with van der Waals surface area (Å²) in [4.78, 5) is 30.4. The van der Waals surface area contributed by atoms with Crippen molar-refractivity contribution in [2.45, 2.75) is 37.8 Å². The molecule has 0 saturated carbocycles. The summed E-state index contributed by atoms with van der Waals surface area (Å²) in [6.45, 7) is 2.70. The van der Waals surface area contributed by atoms with Crippen molar-refractivity contribution in [3.63, 3.8) is 0 Å². The van der Waals surface area contributed by atoms with Gasteiger partial charge in [0.1, 0.15) is 0 Å². The number of nitrogens with one attached hydrogen (secondary N) is 2. The van der Waals surface area contributed by atoms with Crippen LogP contribution in [0.4, 0.5) is 10.6 Å². The number of ether oxygens (including phenoxy) is 1. The van der Waals surface area contributed by atoms with Gasteiger partial charge in [-0.1, -0.05) is 0 Å². The predicted octanol–water partition coefficient (Wildman–Crippen LogP) is 0.227. The molecule has 24 heavy (non-hydrogen) atoms. The molecule has 0 aromatic carbocycles. The standard InChI is InChI=1S/C16H25N5O3/c1-20-8-6-17-14(15(20)22)21-7-2-4-12(11-21)19-16(23)18-10-13-5-3-9-24-13/h6,8,12-13H,2-5,7,9-11H2,1H3,(H2,18,19,23)/t12-,13-/m0/s1. The Morgan fingerprint density at radius 2 is 2.29 bits per heavy atom. The Balaban J connectivity index is 1.52. The Kier molecular flexibility index (Phi) is 5.34. The van der Waals surface area contributed by atoms with Crippen molar-refractivity contribution in [3.8, 4) is 0 Å². The molecule has 0 bridgehead atoms. The van der Waals surface area contributed by atoms with E-state index >= 15 is 0 Å². The second kappa shape index (κ2) is 7.65. The van der Waals surface area contributed by atoms with E-state index in [4.69, 9.17) is 4.74 Å². The molecule has 2 aliphatic rings. The largest absolute Gasteiger partial charge is 0.376 e. The molecular formula is C16H25N5O3. The number of aryl methyl sites for hydroxylation is 1. The van der Waals surface area contributed by atoms with Crippen LogP contribution in [0.15, 0.2) is 17.2 Å². The number of hydrogen-bond donors (Lipinski definition) is 2. The maximum Gasteiger partial charge on any atom is 0.315 e. The second-order valence-corrected chi connectivity index (χ2v) is 6.44. The number of hydrogen-bond acceptors (Lipinski definition) is 5. The maximum atomic E-state index is 12.2. The van der Waals surface area contributed by atoms with Crippen LogP contribution in [0.1, 0.15) is 25.7 Å². The molecule has 2 fully saturated rings. The number of nitrogens with zero attached hydrogens (tertiary/aromatic N) is 3. The maximum absolute atomic E-state index is 12.2. The second-order valence-electron chi connectivity index (χ2n) is 6.44. The molecule has 0 radical (unpaired) electrons. The van der Waals surface area contributed by atoms with Gasteiger partial charge < -0.3 is 24.8 Å². The van der Waals surface area contributed by atoms with Gasteiger partial charge in [-0.15, -0.1) is 0 Å². The van der Waals surface area contributed by atoms with Gasteiger partial charge in [-0.05, 0) is 25.7 Å². The number of amides is 2. The zero-order valence-corrected chi connectivity index (χ0v) is 14.0. The van der Waals surface area contributed by atoms with Crippen LogP contribution < -0.4 is 21.1 Å². The van der Waals surface area contributed by atoms with Crippen molar-refractivity contribution in [2.75, 3.05) is 31.1 Å². The van der Waals surface area contributed by atoms with E-state index in [1.807, 2.05) is 4.90 Å². The predicted molar refractivity (Wildman–Crippen MR) is 90.2 cm³/mol.